The maximum Gasteiger partial charge on any atom is 0.416 e. The number of carbonyl (C=O) groups is 1. The minimum atomic E-state index is -4.62. The summed E-state index contributed by atoms with van der Waals surface area (Å²) in [7, 11) is 0. The van der Waals surface area contributed by atoms with Gasteiger partial charge >= 0.3 is 12.1 Å². The maximum atomic E-state index is 12.3. The lowest BCUT2D eigenvalue weighted by atomic mass is 10.0. The van der Waals surface area contributed by atoms with Crippen molar-refractivity contribution in [2.45, 2.75) is 11.9 Å². The molecule has 0 aliphatic heterocycles. The van der Waals surface area contributed by atoms with Gasteiger partial charge in [0.05, 0.1) is 5.56 Å². The number of benzene rings is 1. The second kappa shape index (κ2) is 3.76. The molecule has 0 aromatic heterocycles. The first-order valence-corrected chi connectivity index (χ1v) is 4.08. The molecule has 0 spiro atoms. The quantitative estimate of drug-likeness (QED) is 0.665. The number of rotatable bonds is 2. The highest BCUT2D eigenvalue weighted by atomic mass is 19.4. The van der Waals surface area contributed by atoms with E-state index in [2.05, 4.69) is 0 Å². The van der Waals surface area contributed by atoms with Crippen LogP contribution < -0.4 is 5.73 Å². The van der Waals surface area contributed by atoms with Gasteiger partial charge in [0.15, 0.2) is 0 Å². The molecule has 4 N–H and O–H groups in total. The summed E-state index contributed by atoms with van der Waals surface area (Å²) < 4.78 is 36.9. The highest BCUT2D eigenvalue weighted by molar-refractivity contribution is 5.78. The molecule has 0 amide bonds. The van der Waals surface area contributed by atoms with Crippen LogP contribution in [0.5, 0.6) is 0 Å². The monoisotopic (exact) mass is 235 g/mol. The van der Waals surface area contributed by atoms with Crippen molar-refractivity contribution < 1.29 is 28.2 Å². The summed E-state index contributed by atoms with van der Waals surface area (Å²) in [6.07, 6.45) is -4.62. The van der Waals surface area contributed by atoms with Crippen LogP contribution in [0.2, 0.25) is 0 Å². The van der Waals surface area contributed by atoms with Crippen molar-refractivity contribution in [3.8, 4) is 0 Å². The molecule has 1 atom stereocenters. The van der Waals surface area contributed by atoms with Gasteiger partial charge in [-0.2, -0.15) is 13.2 Å². The van der Waals surface area contributed by atoms with Crippen molar-refractivity contribution in [2.24, 2.45) is 5.73 Å². The fourth-order valence-electron chi connectivity index (χ4n) is 1.06. The minimum Gasteiger partial charge on any atom is -0.478 e. The molecule has 4 nitrogen and oxygen atoms in total. The fourth-order valence-corrected chi connectivity index (χ4v) is 1.06. The minimum absolute atomic E-state index is 0.494. The third kappa shape index (κ3) is 2.31. The summed E-state index contributed by atoms with van der Waals surface area (Å²) >= 11 is 0. The molecular formula is C9H8F3NO3. The molecule has 0 fully saturated rings. The standard InChI is InChI=1S/C9H8F3NO3/c10-9(11,12)6-3-1-2-5(4-6)8(13,16)7(14)15/h1-4,16H,13H2,(H,14,15). The van der Waals surface area contributed by atoms with Crippen LogP contribution in [0, 0.1) is 0 Å². The van der Waals surface area contributed by atoms with Gasteiger partial charge in [-0.15, -0.1) is 0 Å². The number of aliphatic carboxylic acids is 1. The number of carboxylic acid groups (broad SMARTS) is 1. The zero-order chi connectivity index (χ0) is 12.6. The topological polar surface area (TPSA) is 83.5 Å². The Kier molecular flexibility index (Phi) is 2.93. The predicted molar refractivity (Wildman–Crippen MR) is 47.2 cm³/mol. The van der Waals surface area contributed by atoms with E-state index in [4.69, 9.17) is 10.8 Å². The Labute approximate surface area is 88.1 Å². The Bertz CT molecular complexity index is 415. The SMILES string of the molecule is NC(O)(C(=O)O)c1cccc(C(F)(F)F)c1. The van der Waals surface area contributed by atoms with Gasteiger partial charge in [0.2, 0.25) is 5.72 Å². The van der Waals surface area contributed by atoms with Crippen LogP contribution in [0.1, 0.15) is 11.1 Å². The van der Waals surface area contributed by atoms with Crippen molar-refractivity contribution in [2.75, 3.05) is 0 Å². The summed E-state index contributed by atoms with van der Waals surface area (Å²) in [5.74, 6) is -1.83. The first kappa shape index (κ1) is 12.5. The molecule has 1 aromatic carbocycles. The summed E-state index contributed by atoms with van der Waals surface area (Å²) in [6, 6.07) is 3.22. The Morgan fingerprint density at radius 2 is 1.75 bits per heavy atom. The molecule has 16 heavy (non-hydrogen) atoms. The molecule has 1 aromatic rings. The third-order valence-electron chi connectivity index (χ3n) is 1.96. The van der Waals surface area contributed by atoms with E-state index < -0.39 is 29.0 Å². The van der Waals surface area contributed by atoms with Gasteiger partial charge in [-0.25, -0.2) is 4.79 Å². The van der Waals surface area contributed by atoms with Crippen LogP contribution in [0.4, 0.5) is 13.2 Å². The van der Waals surface area contributed by atoms with Crippen molar-refractivity contribution >= 4 is 5.97 Å². The van der Waals surface area contributed by atoms with Crippen LogP contribution in [0.3, 0.4) is 0 Å². The van der Waals surface area contributed by atoms with E-state index in [1.807, 2.05) is 0 Å². The number of hydrogen-bond donors (Lipinski definition) is 3. The van der Waals surface area contributed by atoms with Crippen molar-refractivity contribution in [3.63, 3.8) is 0 Å². The lowest BCUT2D eigenvalue weighted by Gasteiger charge is -2.19. The van der Waals surface area contributed by atoms with Crippen LogP contribution in [0.25, 0.3) is 0 Å². The van der Waals surface area contributed by atoms with Crippen LogP contribution >= 0.6 is 0 Å². The molecule has 88 valence electrons. The molecule has 7 heteroatoms. The van der Waals surface area contributed by atoms with E-state index in [-0.39, 0.29) is 0 Å². The third-order valence-corrected chi connectivity index (χ3v) is 1.96. The van der Waals surface area contributed by atoms with Crippen LogP contribution in [-0.4, -0.2) is 16.2 Å². The molecule has 0 aliphatic carbocycles. The van der Waals surface area contributed by atoms with Crippen molar-refractivity contribution in [3.05, 3.63) is 35.4 Å². The molecule has 1 unspecified atom stereocenters. The highest BCUT2D eigenvalue weighted by Crippen LogP contribution is 2.31. The summed E-state index contributed by atoms with van der Waals surface area (Å²) in [6.45, 7) is 0. The second-order valence-electron chi connectivity index (χ2n) is 3.15. The highest BCUT2D eigenvalue weighted by Gasteiger charge is 2.36. The van der Waals surface area contributed by atoms with Crippen molar-refractivity contribution in [1.82, 2.24) is 0 Å². The smallest absolute Gasteiger partial charge is 0.416 e. The van der Waals surface area contributed by atoms with Gasteiger partial charge in [0.25, 0.3) is 0 Å². The van der Waals surface area contributed by atoms with Crippen LogP contribution in [0.15, 0.2) is 24.3 Å². The zero-order valence-electron chi connectivity index (χ0n) is 7.82. The summed E-state index contributed by atoms with van der Waals surface area (Å²) in [5.41, 5.74) is 0.543. The average Bonchev–Trinajstić information content (AvgIpc) is 2.16. The van der Waals surface area contributed by atoms with Gasteiger partial charge in [0, 0.05) is 5.56 Å². The summed E-state index contributed by atoms with van der Waals surface area (Å²) in [5, 5.41) is 17.8. The number of halogens is 3. The largest absolute Gasteiger partial charge is 0.478 e. The number of alkyl halides is 3. The lowest BCUT2D eigenvalue weighted by Crippen LogP contribution is -2.44. The van der Waals surface area contributed by atoms with Gasteiger partial charge in [-0.1, -0.05) is 12.1 Å². The van der Waals surface area contributed by atoms with E-state index in [1.54, 1.807) is 0 Å². The van der Waals surface area contributed by atoms with E-state index in [0.717, 1.165) is 18.2 Å². The number of aliphatic hydroxyl groups is 1. The zero-order valence-corrected chi connectivity index (χ0v) is 7.82. The molecule has 1 rings (SSSR count). The Hall–Kier alpha value is -1.60. The number of nitrogens with two attached hydrogens (primary N) is 1. The molecule has 0 radical (unpaired) electrons. The Morgan fingerprint density at radius 3 is 2.19 bits per heavy atom. The van der Waals surface area contributed by atoms with Crippen LogP contribution in [-0.2, 0) is 16.7 Å². The lowest BCUT2D eigenvalue weighted by molar-refractivity contribution is -0.159. The molecule has 0 aliphatic rings. The van der Waals surface area contributed by atoms with E-state index >= 15 is 0 Å². The predicted octanol–water partition coefficient (Wildman–Crippen LogP) is 0.894. The molecule has 0 saturated carbocycles. The van der Waals surface area contributed by atoms with Gasteiger partial charge in [-0.05, 0) is 12.1 Å². The van der Waals surface area contributed by atoms with E-state index in [0.29, 0.717) is 6.07 Å². The fraction of sp³-hybridized carbons (Fsp3) is 0.222. The summed E-state index contributed by atoms with van der Waals surface area (Å²) in [4.78, 5) is 10.5. The van der Waals surface area contributed by atoms with Gasteiger partial charge in [-0.3, -0.25) is 5.73 Å². The maximum absolute atomic E-state index is 12.3. The molecule has 0 saturated heterocycles. The first-order valence-electron chi connectivity index (χ1n) is 4.08. The normalized spacial score (nSPS) is 15.6. The second-order valence-corrected chi connectivity index (χ2v) is 3.15. The first-order chi connectivity index (χ1) is 7.15. The van der Waals surface area contributed by atoms with E-state index in [1.165, 1.54) is 0 Å². The number of hydrogen-bond acceptors (Lipinski definition) is 3. The molecule has 0 bridgehead atoms. The van der Waals surface area contributed by atoms with Crippen molar-refractivity contribution in [1.29, 1.82) is 0 Å². The molecular weight excluding hydrogens is 227 g/mol. The van der Waals surface area contributed by atoms with E-state index in [9.17, 15) is 23.1 Å². The van der Waals surface area contributed by atoms with Gasteiger partial charge in [0.1, 0.15) is 0 Å². The molecule has 0 heterocycles. The number of carboxylic acids is 1. The van der Waals surface area contributed by atoms with Gasteiger partial charge < -0.3 is 10.2 Å². The Balaban J connectivity index is 3.23. The Morgan fingerprint density at radius 1 is 1.25 bits per heavy atom. The average molecular weight is 235 g/mol.